The number of rotatable bonds is 4. The van der Waals surface area contributed by atoms with Crippen molar-refractivity contribution in [2.45, 2.75) is 6.04 Å². The molecule has 5 nitrogen and oxygen atoms in total. The highest BCUT2D eigenvalue weighted by Crippen LogP contribution is 2.36. The number of anilines is 1. The van der Waals surface area contributed by atoms with E-state index in [0.29, 0.717) is 21.8 Å². The summed E-state index contributed by atoms with van der Waals surface area (Å²) in [4.78, 5) is 4.75. The number of halogens is 2. The summed E-state index contributed by atoms with van der Waals surface area (Å²) >= 11 is 12.6. The molecule has 0 radical (unpaired) electrons. The van der Waals surface area contributed by atoms with Gasteiger partial charge in [0.2, 0.25) is 5.95 Å². The van der Waals surface area contributed by atoms with Gasteiger partial charge in [0, 0.05) is 21.3 Å². The number of hydrogen-bond acceptors (Lipinski definition) is 4. The zero-order valence-corrected chi connectivity index (χ0v) is 18.1. The van der Waals surface area contributed by atoms with Gasteiger partial charge in [-0.2, -0.15) is 4.98 Å². The smallest absolute Gasteiger partial charge is 0.227 e. The van der Waals surface area contributed by atoms with Crippen molar-refractivity contribution in [3.05, 3.63) is 100 Å². The Morgan fingerprint density at radius 2 is 1.61 bits per heavy atom. The summed E-state index contributed by atoms with van der Waals surface area (Å²) in [5, 5.41) is 9.54. The molecule has 0 unspecified atom stereocenters. The van der Waals surface area contributed by atoms with E-state index in [-0.39, 0.29) is 6.04 Å². The first-order valence-corrected chi connectivity index (χ1v) is 10.5. The highest BCUT2D eigenvalue weighted by Gasteiger charge is 2.27. The van der Waals surface area contributed by atoms with Gasteiger partial charge in [-0.05, 0) is 71.8 Å². The third kappa shape index (κ3) is 3.78. The van der Waals surface area contributed by atoms with Crippen molar-refractivity contribution in [1.29, 1.82) is 0 Å². The average molecular weight is 449 g/mol. The molecule has 0 amide bonds. The minimum atomic E-state index is -0.212. The Morgan fingerprint density at radius 3 is 2.32 bits per heavy atom. The predicted molar refractivity (Wildman–Crippen MR) is 125 cm³/mol. The minimum Gasteiger partial charge on any atom is -0.497 e. The molecule has 0 saturated heterocycles. The van der Waals surface area contributed by atoms with Gasteiger partial charge in [-0.1, -0.05) is 41.4 Å². The topological polar surface area (TPSA) is 52.0 Å². The Hall–Kier alpha value is -3.28. The summed E-state index contributed by atoms with van der Waals surface area (Å²) in [6.45, 7) is 0. The lowest BCUT2D eigenvalue weighted by molar-refractivity contribution is 0.415. The normalized spacial score (nSPS) is 15.1. The van der Waals surface area contributed by atoms with Crippen LogP contribution in [0.3, 0.4) is 0 Å². The van der Waals surface area contributed by atoms with Crippen molar-refractivity contribution in [3.8, 4) is 17.1 Å². The van der Waals surface area contributed by atoms with Crippen LogP contribution in [0.5, 0.6) is 5.75 Å². The maximum atomic E-state index is 6.56. The maximum absolute atomic E-state index is 6.56. The number of nitrogens with zero attached hydrogens (tertiary/aromatic N) is 3. The van der Waals surface area contributed by atoms with Crippen LogP contribution >= 0.6 is 23.2 Å². The molecular weight excluding hydrogens is 431 g/mol. The Kier molecular flexibility index (Phi) is 5.14. The molecule has 0 saturated carbocycles. The molecule has 4 aromatic rings. The minimum absolute atomic E-state index is 0.212. The second kappa shape index (κ2) is 8.10. The lowest BCUT2D eigenvalue weighted by Crippen LogP contribution is -2.20. The molecular formula is C24H18Cl2N4O. The summed E-state index contributed by atoms with van der Waals surface area (Å²) in [5.41, 5.74) is 3.78. The van der Waals surface area contributed by atoms with Crippen molar-refractivity contribution >= 4 is 34.8 Å². The standard InChI is InChI=1S/C24H18Cl2N4O/c1-31-18-12-8-15(9-13-18)21-14-22(19-4-2-3-5-20(19)26)30-24(27-21)28-23(29-30)16-6-10-17(25)11-7-16/h2-14,22H,1H3,(H,27,28,29)/t22-/m1/s1. The molecule has 7 heteroatoms. The van der Waals surface area contributed by atoms with E-state index in [4.69, 9.17) is 38.0 Å². The first-order valence-electron chi connectivity index (χ1n) is 9.72. The molecule has 0 spiro atoms. The highest BCUT2D eigenvalue weighted by molar-refractivity contribution is 6.31. The lowest BCUT2D eigenvalue weighted by Gasteiger charge is -2.25. The molecule has 31 heavy (non-hydrogen) atoms. The summed E-state index contributed by atoms with van der Waals surface area (Å²) < 4.78 is 7.15. The summed E-state index contributed by atoms with van der Waals surface area (Å²) in [5.74, 6) is 2.06. The summed E-state index contributed by atoms with van der Waals surface area (Å²) in [6.07, 6.45) is 2.11. The van der Waals surface area contributed by atoms with Crippen molar-refractivity contribution < 1.29 is 4.74 Å². The lowest BCUT2D eigenvalue weighted by atomic mass is 10.0. The van der Waals surface area contributed by atoms with E-state index in [0.717, 1.165) is 28.1 Å². The third-order valence-electron chi connectivity index (χ3n) is 5.19. The molecule has 3 aromatic carbocycles. The highest BCUT2D eigenvalue weighted by atomic mass is 35.5. The fraction of sp³-hybridized carbons (Fsp3) is 0.0833. The Labute approximate surface area is 189 Å². The van der Waals surface area contributed by atoms with Crippen LogP contribution in [-0.2, 0) is 0 Å². The molecule has 1 atom stereocenters. The molecule has 5 rings (SSSR count). The number of aromatic nitrogens is 3. The predicted octanol–water partition coefficient (Wildman–Crippen LogP) is 6.32. The zero-order valence-electron chi connectivity index (χ0n) is 16.6. The maximum Gasteiger partial charge on any atom is 0.227 e. The molecule has 154 valence electrons. The number of hydrogen-bond donors (Lipinski definition) is 1. The van der Waals surface area contributed by atoms with Gasteiger partial charge >= 0.3 is 0 Å². The molecule has 0 aliphatic carbocycles. The first-order chi connectivity index (χ1) is 15.1. The van der Waals surface area contributed by atoms with E-state index < -0.39 is 0 Å². The largest absolute Gasteiger partial charge is 0.497 e. The quantitative estimate of drug-likeness (QED) is 0.396. The van der Waals surface area contributed by atoms with Crippen molar-refractivity contribution in [1.82, 2.24) is 14.8 Å². The number of methoxy groups -OCH3 is 1. The number of benzene rings is 3. The molecule has 0 bridgehead atoms. The van der Waals surface area contributed by atoms with E-state index in [2.05, 4.69) is 11.4 Å². The third-order valence-corrected chi connectivity index (χ3v) is 5.79. The SMILES string of the molecule is COc1ccc(C2=C[C@H](c3ccccc3Cl)n3nc(-c4ccc(Cl)cc4)nc3N2)cc1. The van der Waals surface area contributed by atoms with Crippen molar-refractivity contribution in [2.24, 2.45) is 0 Å². The molecule has 0 fully saturated rings. The van der Waals surface area contributed by atoms with Crippen LogP contribution < -0.4 is 10.1 Å². The molecule has 1 aliphatic rings. The van der Waals surface area contributed by atoms with E-state index in [9.17, 15) is 0 Å². The Morgan fingerprint density at radius 1 is 0.903 bits per heavy atom. The van der Waals surface area contributed by atoms with E-state index >= 15 is 0 Å². The first kappa shape index (κ1) is 19.7. The van der Waals surface area contributed by atoms with Crippen LogP contribution in [-0.4, -0.2) is 21.9 Å². The van der Waals surface area contributed by atoms with Gasteiger partial charge < -0.3 is 10.1 Å². The van der Waals surface area contributed by atoms with E-state index in [1.165, 1.54) is 0 Å². The molecule has 1 aliphatic heterocycles. The van der Waals surface area contributed by atoms with Crippen LogP contribution in [0.2, 0.25) is 10.0 Å². The van der Waals surface area contributed by atoms with Gasteiger partial charge in [-0.3, -0.25) is 0 Å². The van der Waals surface area contributed by atoms with Crippen LogP contribution in [0.4, 0.5) is 5.95 Å². The Bertz CT molecular complexity index is 1260. The van der Waals surface area contributed by atoms with Gasteiger partial charge in [0.15, 0.2) is 5.82 Å². The Balaban J connectivity index is 1.62. The van der Waals surface area contributed by atoms with Gasteiger partial charge in [0.25, 0.3) is 0 Å². The van der Waals surface area contributed by atoms with Crippen molar-refractivity contribution in [3.63, 3.8) is 0 Å². The van der Waals surface area contributed by atoms with Crippen LogP contribution in [0.15, 0.2) is 78.9 Å². The van der Waals surface area contributed by atoms with Gasteiger partial charge in [0.1, 0.15) is 11.8 Å². The number of allylic oxidation sites excluding steroid dienone is 1. The van der Waals surface area contributed by atoms with Gasteiger partial charge in [-0.25, -0.2) is 4.68 Å². The van der Waals surface area contributed by atoms with Crippen LogP contribution in [0.25, 0.3) is 17.1 Å². The van der Waals surface area contributed by atoms with Crippen LogP contribution in [0.1, 0.15) is 17.2 Å². The fourth-order valence-electron chi connectivity index (χ4n) is 3.59. The molecule has 2 heterocycles. The van der Waals surface area contributed by atoms with E-state index in [1.54, 1.807) is 7.11 Å². The second-order valence-electron chi connectivity index (χ2n) is 7.11. The fourth-order valence-corrected chi connectivity index (χ4v) is 3.96. The van der Waals surface area contributed by atoms with Gasteiger partial charge in [-0.15, -0.1) is 5.10 Å². The zero-order chi connectivity index (χ0) is 21.4. The van der Waals surface area contributed by atoms with E-state index in [1.807, 2.05) is 77.5 Å². The second-order valence-corrected chi connectivity index (χ2v) is 7.95. The summed E-state index contributed by atoms with van der Waals surface area (Å²) in [6, 6.07) is 22.9. The monoisotopic (exact) mass is 448 g/mol. The van der Waals surface area contributed by atoms with Gasteiger partial charge in [0.05, 0.1) is 7.11 Å². The average Bonchev–Trinajstić information content (AvgIpc) is 3.24. The van der Waals surface area contributed by atoms with Crippen molar-refractivity contribution in [2.75, 3.05) is 12.4 Å². The number of ether oxygens (including phenoxy) is 1. The number of nitrogens with one attached hydrogen (secondary N) is 1. The molecule has 1 N–H and O–H groups in total. The summed E-state index contributed by atoms with van der Waals surface area (Å²) in [7, 11) is 1.65. The molecule has 1 aromatic heterocycles. The van der Waals surface area contributed by atoms with Crippen LogP contribution in [0, 0.1) is 0 Å². The number of fused-ring (bicyclic) bond motifs is 1.